The number of nitrogens with zero attached hydrogens (tertiary/aromatic N) is 5. The fourth-order valence-corrected chi connectivity index (χ4v) is 6.28. The first kappa shape index (κ1) is 35.4. The summed E-state index contributed by atoms with van der Waals surface area (Å²) in [4.78, 5) is 17.6. The molecule has 0 bridgehead atoms. The van der Waals surface area contributed by atoms with Crippen molar-refractivity contribution in [3.63, 3.8) is 0 Å². The maximum Gasteiger partial charge on any atom is 0.416 e. The maximum atomic E-state index is 17.1. The number of tetrazole rings is 1. The van der Waals surface area contributed by atoms with Gasteiger partial charge in [0.05, 0.1) is 19.3 Å². The molecule has 2 aliphatic heterocycles. The molecule has 0 radical (unpaired) electrons. The van der Waals surface area contributed by atoms with Crippen LogP contribution in [0.2, 0.25) is 0 Å². The number of carbonyl (C=O) groups excluding carboxylic acids is 1. The van der Waals surface area contributed by atoms with Gasteiger partial charge in [-0.15, -0.1) is 22.6 Å². The molecule has 3 aromatic rings. The molecule has 2 aromatic carbocycles. The van der Waals surface area contributed by atoms with Gasteiger partial charge in [-0.05, 0) is 81.3 Å². The molecule has 1 N–H and O–H groups in total. The summed E-state index contributed by atoms with van der Waals surface area (Å²) in [6.45, 7) is 7.15. The van der Waals surface area contributed by atoms with Crippen LogP contribution in [0.5, 0.6) is 11.5 Å². The van der Waals surface area contributed by atoms with Crippen molar-refractivity contribution in [2.45, 2.75) is 75.7 Å². The average Bonchev–Trinajstić information content (AvgIpc) is 3.67. The minimum atomic E-state index is -4.52. The van der Waals surface area contributed by atoms with E-state index in [0.29, 0.717) is 49.4 Å². The van der Waals surface area contributed by atoms with Crippen LogP contribution >= 0.6 is 12.4 Å². The van der Waals surface area contributed by atoms with Crippen molar-refractivity contribution in [3.8, 4) is 11.5 Å². The van der Waals surface area contributed by atoms with Crippen molar-refractivity contribution in [2.24, 2.45) is 0 Å². The quantitative estimate of drug-likeness (QED) is 0.222. The van der Waals surface area contributed by atoms with Gasteiger partial charge in [-0.1, -0.05) is 23.4 Å². The summed E-state index contributed by atoms with van der Waals surface area (Å²) in [5.41, 5.74) is -1.87. The molecule has 1 aromatic heterocycles. The second kappa shape index (κ2) is 14.1. The summed E-state index contributed by atoms with van der Waals surface area (Å²) >= 11 is 0. The van der Waals surface area contributed by atoms with Crippen molar-refractivity contribution in [2.75, 3.05) is 39.9 Å². The molecule has 0 unspecified atom stereocenters. The van der Waals surface area contributed by atoms with Crippen molar-refractivity contribution >= 4 is 18.3 Å². The second-order valence-corrected chi connectivity index (χ2v) is 12.8. The lowest BCUT2D eigenvalue weighted by Crippen LogP contribution is -2.53. The molecule has 0 saturated carbocycles. The number of hydrogen-bond donors (Lipinski definition) is 1. The predicted octanol–water partition coefficient (Wildman–Crippen LogP) is 5.97. The van der Waals surface area contributed by atoms with E-state index in [1.807, 2.05) is 37.8 Å². The van der Waals surface area contributed by atoms with E-state index in [0.717, 1.165) is 17.7 Å². The van der Waals surface area contributed by atoms with Crippen LogP contribution in [-0.4, -0.2) is 87.4 Å². The molecule has 0 spiro atoms. The summed E-state index contributed by atoms with van der Waals surface area (Å²) in [7, 11) is 1.57. The van der Waals surface area contributed by atoms with E-state index in [1.54, 1.807) is 24.1 Å². The van der Waals surface area contributed by atoms with Crippen molar-refractivity contribution in [1.29, 1.82) is 0 Å². The van der Waals surface area contributed by atoms with Crippen LogP contribution in [-0.2, 0) is 17.4 Å². The van der Waals surface area contributed by atoms with Gasteiger partial charge in [-0.3, -0.25) is 9.69 Å². The number of halogens is 5. The van der Waals surface area contributed by atoms with Crippen molar-refractivity contribution < 1.29 is 31.8 Å². The number of benzene rings is 2. The zero-order chi connectivity index (χ0) is 32.4. The fourth-order valence-electron chi connectivity index (χ4n) is 6.28. The largest absolute Gasteiger partial charge is 0.497 e. The summed E-state index contributed by atoms with van der Waals surface area (Å²) in [6.07, 6.45) is -2.62. The van der Waals surface area contributed by atoms with E-state index in [4.69, 9.17) is 9.47 Å². The molecule has 1 amide bonds. The van der Waals surface area contributed by atoms with Gasteiger partial charge in [0.2, 0.25) is 5.67 Å². The lowest BCUT2D eigenvalue weighted by Gasteiger charge is -2.38. The molecule has 3 heterocycles. The first-order chi connectivity index (χ1) is 21.3. The molecule has 9 nitrogen and oxygen atoms in total. The summed E-state index contributed by atoms with van der Waals surface area (Å²) in [5.74, 6) is -0.0328. The number of H-pyrrole nitrogens is 1. The number of amides is 1. The highest BCUT2D eigenvalue weighted by atomic mass is 35.5. The number of aromatic nitrogens is 4. The molecule has 2 aliphatic rings. The number of aryl methyl sites for hydroxylation is 1. The standard InChI is InChI=1S/C32H40F4N6O3.ClH/c1-30(2,3)42-19-26(22-7-10-24(44-4)11-8-22)31(33,20-42)29(43)41-15-13-21(14-16-41)25-12-9-23(32(34,35)36)18-27(25)45-17-5-6-28-37-39-40-38-28;/h7-12,18,21,26H,5-6,13-17,19-20H2,1-4H3,(H,37,38,39,40);1H/t26-,31-;/m0./s1. The van der Waals surface area contributed by atoms with E-state index >= 15 is 4.39 Å². The Kier molecular flexibility index (Phi) is 10.9. The lowest BCUT2D eigenvalue weighted by atomic mass is 9.83. The number of nitrogens with one attached hydrogen (secondary N) is 1. The first-order valence-corrected chi connectivity index (χ1v) is 15.2. The predicted molar refractivity (Wildman–Crippen MR) is 166 cm³/mol. The highest BCUT2D eigenvalue weighted by Crippen LogP contribution is 2.45. The smallest absolute Gasteiger partial charge is 0.416 e. The number of piperidine rings is 1. The number of hydrogen-bond acceptors (Lipinski definition) is 7. The van der Waals surface area contributed by atoms with Crippen molar-refractivity contribution in [1.82, 2.24) is 30.4 Å². The van der Waals surface area contributed by atoms with Gasteiger partial charge in [0, 0.05) is 44.1 Å². The van der Waals surface area contributed by atoms with Gasteiger partial charge < -0.3 is 14.4 Å². The van der Waals surface area contributed by atoms with E-state index in [1.165, 1.54) is 6.07 Å². The first-order valence-electron chi connectivity index (χ1n) is 15.2. The summed E-state index contributed by atoms with van der Waals surface area (Å²) < 4.78 is 68.9. The van der Waals surface area contributed by atoms with Crippen molar-refractivity contribution in [3.05, 3.63) is 65.0 Å². The monoisotopic (exact) mass is 668 g/mol. The Morgan fingerprint density at radius 3 is 2.37 bits per heavy atom. The molecule has 2 saturated heterocycles. The van der Waals surface area contributed by atoms with Gasteiger partial charge in [-0.25, -0.2) is 4.39 Å². The molecular formula is C32H41ClF4N6O3. The Hall–Kier alpha value is -3.45. The third kappa shape index (κ3) is 7.74. The molecule has 2 atom stereocenters. The average molecular weight is 669 g/mol. The lowest BCUT2D eigenvalue weighted by molar-refractivity contribution is -0.145. The fraction of sp³-hybridized carbons (Fsp3) is 0.562. The number of aromatic amines is 1. The normalized spacial score (nSPS) is 21.2. The number of alkyl halides is 4. The molecular weight excluding hydrogens is 628 g/mol. The van der Waals surface area contributed by atoms with Crippen LogP contribution in [0.25, 0.3) is 0 Å². The Morgan fingerprint density at radius 2 is 1.78 bits per heavy atom. The SMILES string of the molecule is COc1ccc([C@@H]2CN(C(C)(C)C)C[C@@]2(F)C(=O)N2CCC(c3ccc(C(F)(F)F)cc3OCCCc3nn[nH]n3)CC2)cc1.Cl. The molecule has 0 aliphatic carbocycles. The molecule has 2 fully saturated rings. The summed E-state index contributed by atoms with van der Waals surface area (Å²) in [6, 6.07) is 10.8. The van der Waals surface area contributed by atoms with Gasteiger partial charge >= 0.3 is 6.18 Å². The number of rotatable bonds is 9. The Balaban J connectivity index is 0.00000480. The number of carbonyl (C=O) groups is 1. The van der Waals surface area contributed by atoms with E-state index in [9.17, 15) is 18.0 Å². The molecule has 46 heavy (non-hydrogen) atoms. The van der Waals surface area contributed by atoms with E-state index in [2.05, 4.69) is 20.6 Å². The zero-order valence-electron chi connectivity index (χ0n) is 26.4. The zero-order valence-corrected chi connectivity index (χ0v) is 27.3. The minimum Gasteiger partial charge on any atom is -0.497 e. The summed E-state index contributed by atoms with van der Waals surface area (Å²) in [5, 5.41) is 13.6. The topological polar surface area (TPSA) is 96.5 Å². The van der Waals surface area contributed by atoms with Gasteiger partial charge in [-0.2, -0.15) is 18.4 Å². The second-order valence-electron chi connectivity index (χ2n) is 12.8. The third-order valence-corrected chi connectivity index (χ3v) is 8.95. The van der Waals surface area contributed by atoms with E-state index < -0.39 is 29.2 Å². The van der Waals surface area contributed by atoms with Crippen LogP contribution < -0.4 is 9.47 Å². The number of ether oxygens (including phenoxy) is 2. The Bertz CT molecular complexity index is 1440. The van der Waals surface area contributed by atoms with Crippen LogP contribution in [0, 0.1) is 0 Å². The number of methoxy groups -OCH3 is 1. The van der Waals surface area contributed by atoms with Gasteiger partial charge in [0.1, 0.15) is 11.5 Å². The number of likely N-dealkylation sites (tertiary alicyclic amines) is 2. The van der Waals surface area contributed by atoms with Crippen LogP contribution in [0.3, 0.4) is 0 Å². The minimum absolute atomic E-state index is 0. The van der Waals surface area contributed by atoms with Crippen LogP contribution in [0.1, 0.15) is 74.4 Å². The van der Waals surface area contributed by atoms with E-state index in [-0.39, 0.29) is 55.9 Å². The third-order valence-electron chi connectivity index (χ3n) is 8.95. The highest BCUT2D eigenvalue weighted by Gasteiger charge is 2.57. The van der Waals surface area contributed by atoms with Crippen LogP contribution in [0.4, 0.5) is 17.6 Å². The Morgan fingerprint density at radius 1 is 1.09 bits per heavy atom. The molecule has 252 valence electrons. The van der Waals surface area contributed by atoms with Gasteiger partial charge in [0.15, 0.2) is 5.82 Å². The molecule has 5 rings (SSSR count). The Labute approximate surface area is 272 Å². The maximum absolute atomic E-state index is 17.1. The highest BCUT2D eigenvalue weighted by molar-refractivity contribution is 5.87. The molecule has 14 heteroatoms. The van der Waals surface area contributed by atoms with Crippen LogP contribution in [0.15, 0.2) is 42.5 Å². The van der Waals surface area contributed by atoms with Gasteiger partial charge in [0.25, 0.3) is 5.91 Å².